The molecule has 0 fully saturated rings. The maximum atomic E-state index is 5.40. The van der Waals surface area contributed by atoms with Gasteiger partial charge in [-0.3, -0.25) is 0 Å². The molecule has 0 aromatic carbocycles. The van der Waals surface area contributed by atoms with E-state index in [0.717, 1.165) is 36.2 Å². The molecule has 0 spiro atoms. The molecule has 4 heteroatoms. The molecule has 1 aromatic rings. The predicted octanol–water partition coefficient (Wildman–Crippen LogP) is 3.39. The minimum Gasteiger partial charge on any atom is -0.501 e. The normalized spacial score (nSPS) is 17.8. The van der Waals surface area contributed by atoms with Crippen LogP contribution in [0.15, 0.2) is 33.3 Å². The van der Waals surface area contributed by atoms with E-state index in [2.05, 4.69) is 28.2 Å². The molecule has 0 bridgehead atoms. The van der Waals surface area contributed by atoms with E-state index in [4.69, 9.17) is 9.15 Å². The van der Waals surface area contributed by atoms with Crippen molar-refractivity contribution in [3.8, 4) is 0 Å². The van der Waals surface area contributed by atoms with Crippen LogP contribution in [0.3, 0.4) is 0 Å². The van der Waals surface area contributed by atoms with E-state index < -0.39 is 0 Å². The molecule has 1 aromatic heterocycles. The summed E-state index contributed by atoms with van der Waals surface area (Å²) in [6, 6.07) is 2.19. The lowest BCUT2D eigenvalue weighted by Gasteiger charge is -2.23. The second kappa shape index (κ2) is 5.55. The zero-order valence-corrected chi connectivity index (χ0v) is 10.9. The summed E-state index contributed by atoms with van der Waals surface area (Å²) in [5.41, 5.74) is 2.42. The van der Waals surface area contributed by atoms with E-state index in [-0.39, 0.29) is 6.04 Å². The Bertz CT molecular complexity index is 373. The maximum Gasteiger partial charge on any atom is 0.174 e. The van der Waals surface area contributed by atoms with Gasteiger partial charge < -0.3 is 14.5 Å². The number of likely N-dealkylation sites (N-methyl/N-ethyl adjacent to an activating group) is 1. The van der Waals surface area contributed by atoms with Crippen LogP contribution in [0.4, 0.5) is 0 Å². The van der Waals surface area contributed by atoms with Gasteiger partial charge in [0.05, 0.1) is 25.2 Å². The molecule has 1 atom stereocenters. The van der Waals surface area contributed by atoms with E-state index >= 15 is 0 Å². The van der Waals surface area contributed by atoms with Crippen molar-refractivity contribution in [2.24, 2.45) is 0 Å². The van der Waals surface area contributed by atoms with Crippen LogP contribution in [-0.2, 0) is 4.74 Å². The monoisotopic (exact) mass is 285 g/mol. The molecule has 1 unspecified atom stereocenters. The van der Waals surface area contributed by atoms with Gasteiger partial charge in [0.2, 0.25) is 0 Å². The summed E-state index contributed by atoms with van der Waals surface area (Å²) in [6.45, 7) is 3.85. The SMILES string of the molecule is CCNC(C1=COCCC1)c1ccoc1Br. The van der Waals surface area contributed by atoms with Crippen molar-refractivity contribution >= 4 is 15.9 Å². The van der Waals surface area contributed by atoms with Crippen LogP contribution in [-0.4, -0.2) is 13.2 Å². The average Bonchev–Trinajstić information content (AvgIpc) is 2.73. The molecule has 3 nitrogen and oxygen atoms in total. The Hall–Kier alpha value is -0.740. The van der Waals surface area contributed by atoms with Crippen LogP contribution in [0.1, 0.15) is 31.4 Å². The van der Waals surface area contributed by atoms with E-state index in [1.807, 2.05) is 12.3 Å². The fourth-order valence-corrected chi connectivity index (χ4v) is 2.42. The van der Waals surface area contributed by atoms with Crippen LogP contribution in [0, 0.1) is 0 Å². The molecule has 0 radical (unpaired) electrons. The van der Waals surface area contributed by atoms with Crippen molar-refractivity contribution < 1.29 is 9.15 Å². The van der Waals surface area contributed by atoms with Gasteiger partial charge in [-0.1, -0.05) is 6.92 Å². The quantitative estimate of drug-likeness (QED) is 0.921. The van der Waals surface area contributed by atoms with Crippen molar-refractivity contribution in [1.82, 2.24) is 5.32 Å². The number of hydrogen-bond acceptors (Lipinski definition) is 3. The number of ether oxygens (including phenoxy) is 1. The summed E-state index contributed by atoms with van der Waals surface area (Å²) < 4.78 is 11.5. The molecule has 0 aliphatic carbocycles. The van der Waals surface area contributed by atoms with E-state index in [1.165, 1.54) is 5.57 Å². The molecule has 88 valence electrons. The lowest BCUT2D eigenvalue weighted by Crippen LogP contribution is -2.24. The first-order valence-electron chi connectivity index (χ1n) is 5.59. The lowest BCUT2D eigenvalue weighted by atomic mass is 9.97. The molecule has 1 aliphatic rings. The minimum atomic E-state index is 0.193. The highest BCUT2D eigenvalue weighted by atomic mass is 79.9. The van der Waals surface area contributed by atoms with Gasteiger partial charge in [-0.25, -0.2) is 0 Å². The summed E-state index contributed by atoms with van der Waals surface area (Å²) in [5, 5.41) is 3.46. The molecule has 2 rings (SSSR count). The minimum absolute atomic E-state index is 0.193. The molecule has 1 N–H and O–H groups in total. The molecular weight excluding hydrogens is 270 g/mol. The number of furan rings is 1. The fraction of sp³-hybridized carbons (Fsp3) is 0.500. The average molecular weight is 286 g/mol. The summed E-state index contributed by atoms with van der Waals surface area (Å²) in [6.07, 6.45) is 5.75. The zero-order chi connectivity index (χ0) is 11.4. The first-order valence-corrected chi connectivity index (χ1v) is 6.39. The van der Waals surface area contributed by atoms with Gasteiger partial charge in [0, 0.05) is 5.56 Å². The Balaban J connectivity index is 2.23. The zero-order valence-electron chi connectivity index (χ0n) is 9.33. The van der Waals surface area contributed by atoms with Gasteiger partial charge in [-0.2, -0.15) is 0 Å². The predicted molar refractivity (Wildman–Crippen MR) is 66.1 cm³/mol. The van der Waals surface area contributed by atoms with Crippen LogP contribution in [0.2, 0.25) is 0 Å². The van der Waals surface area contributed by atoms with Crippen molar-refractivity contribution in [1.29, 1.82) is 0 Å². The largest absolute Gasteiger partial charge is 0.501 e. The molecule has 0 amide bonds. The highest BCUT2D eigenvalue weighted by Crippen LogP contribution is 2.32. The van der Waals surface area contributed by atoms with Gasteiger partial charge in [0.25, 0.3) is 0 Å². The van der Waals surface area contributed by atoms with Gasteiger partial charge in [-0.15, -0.1) is 0 Å². The van der Waals surface area contributed by atoms with Crippen molar-refractivity contribution in [3.63, 3.8) is 0 Å². The summed E-state index contributed by atoms with van der Waals surface area (Å²) in [7, 11) is 0. The van der Waals surface area contributed by atoms with Crippen LogP contribution < -0.4 is 5.32 Å². The first kappa shape index (κ1) is 11.7. The van der Waals surface area contributed by atoms with Crippen LogP contribution in [0.25, 0.3) is 0 Å². The Kier molecular flexibility index (Phi) is 4.07. The molecular formula is C12H16BrNO2. The topological polar surface area (TPSA) is 34.4 Å². The Morgan fingerprint density at radius 3 is 3.00 bits per heavy atom. The number of hydrogen-bond donors (Lipinski definition) is 1. The number of halogens is 1. The third-order valence-electron chi connectivity index (χ3n) is 2.70. The highest BCUT2D eigenvalue weighted by Gasteiger charge is 2.21. The molecule has 1 aliphatic heterocycles. The first-order chi connectivity index (χ1) is 7.83. The van der Waals surface area contributed by atoms with E-state index in [1.54, 1.807) is 6.26 Å². The Morgan fingerprint density at radius 1 is 1.56 bits per heavy atom. The standard InChI is InChI=1S/C12H16BrNO2/c1-2-14-11(9-4-3-6-15-8-9)10-5-7-16-12(10)13/h5,7-8,11,14H,2-4,6H2,1H3. The van der Waals surface area contributed by atoms with Crippen LogP contribution >= 0.6 is 15.9 Å². The summed E-state index contributed by atoms with van der Waals surface area (Å²) >= 11 is 3.43. The third-order valence-corrected chi connectivity index (χ3v) is 3.34. The lowest BCUT2D eigenvalue weighted by molar-refractivity contribution is 0.219. The maximum absolute atomic E-state index is 5.40. The third kappa shape index (κ3) is 2.50. The number of nitrogens with one attached hydrogen (secondary N) is 1. The Morgan fingerprint density at radius 2 is 2.44 bits per heavy atom. The van der Waals surface area contributed by atoms with Crippen LogP contribution in [0.5, 0.6) is 0 Å². The second-order valence-electron chi connectivity index (χ2n) is 3.81. The fourth-order valence-electron chi connectivity index (χ4n) is 1.95. The van der Waals surface area contributed by atoms with Crippen molar-refractivity contribution in [2.45, 2.75) is 25.8 Å². The number of rotatable bonds is 4. The van der Waals surface area contributed by atoms with E-state index in [9.17, 15) is 0 Å². The molecule has 0 saturated heterocycles. The Labute approximate surface area is 104 Å². The highest BCUT2D eigenvalue weighted by molar-refractivity contribution is 9.10. The van der Waals surface area contributed by atoms with Gasteiger partial charge in [0.1, 0.15) is 0 Å². The summed E-state index contributed by atoms with van der Waals surface area (Å²) in [5.74, 6) is 0. The van der Waals surface area contributed by atoms with Gasteiger partial charge >= 0.3 is 0 Å². The molecule has 0 saturated carbocycles. The van der Waals surface area contributed by atoms with E-state index in [0.29, 0.717) is 0 Å². The second-order valence-corrected chi connectivity index (χ2v) is 4.53. The van der Waals surface area contributed by atoms with Crippen molar-refractivity contribution in [3.05, 3.63) is 34.4 Å². The molecule has 16 heavy (non-hydrogen) atoms. The summed E-state index contributed by atoms with van der Waals surface area (Å²) in [4.78, 5) is 0. The van der Waals surface area contributed by atoms with Gasteiger partial charge in [0.15, 0.2) is 4.67 Å². The van der Waals surface area contributed by atoms with Crippen molar-refractivity contribution in [2.75, 3.05) is 13.2 Å². The molecule has 2 heterocycles. The van der Waals surface area contributed by atoms with Gasteiger partial charge in [-0.05, 0) is 47.0 Å². The smallest absolute Gasteiger partial charge is 0.174 e.